The van der Waals surface area contributed by atoms with Crippen molar-refractivity contribution in [2.75, 3.05) is 0 Å². The van der Waals surface area contributed by atoms with Crippen molar-refractivity contribution in [3.8, 4) is 0 Å². The number of hydrogen-bond donors (Lipinski definition) is 2. The second kappa shape index (κ2) is 9.03. The van der Waals surface area contributed by atoms with Gasteiger partial charge < -0.3 is 10.8 Å². The van der Waals surface area contributed by atoms with E-state index in [1.807, 2.05) is 44.2 Å². The van der Waals surface area contributed by atoms with E-state index in [0.29, 0.717) is 5.71 Å². The molecular weight excluding hydrogens is 232 g/mol. The summed E-state index contributed by atoms with van der Waals surface area (Å²) in [6.07, 6.45) is 12.0. The second-order valence-corrected chi connectivity index (χ2v) is 4.57. The van der Waals surface area contributed by atoms with Crippen LogP contribution in [0.2, 0.25) is 0 Å². The first-order valence-electron chi connectivity index (χ1n) is 6.31. The van der Waals surface area contributed by atoms with E-state index in [0.717, 1.165) is 23.1 Å². The Hall–Kier alpha value is -1.96. The Bertz CT molecular complexity index is 448. The molecule has 102 valence electrons. The van der Waals surface area contributed by atoms with Gasteiger partial charge in [-0.25, -0.2) is 0 Å². The van der Waals surface area contributed by atoms with Crippen molar-refractivity contribution < 1.29 is 0 Å². The molecule has 0 heterocycles. The standard InChI is InChI=1S/C17H24N2/c1-6-7-8-9-13(2)10-14(3)15(4)11-17(12-18)16(5)19/h6,8-12,17-19H,1,3,7H2,2,4-5H3/b9-8-,13-10-,15-11+,18-12?,19-16?. The first-order chi connectivity index (χ1) is 8.92. The molecule has 0 aromatic heterocycles. The van der Waals surface area contributed by atoms with Crippen molar-refractivity contribution in [3.05, 3.63) is 60.3 Å². The highest BCUT2D eigenvalue weighted by molar-refractivity contribution is 5.96. The summed E-state index contributed by atoms with van der Waals surface area (Å²) < 4.78 is 0. The summed E-state index contributed by atoms with van der Waals surface area (Å²) in [6, 6.07) is 0. The van der Waals surface area contributed by atoms with Gasteiger partial charge in [0.05, 0.1) is 0 Å². The van der Waals surface area contributed by atoms with Gasteiger partial charge in [0.2, 0.25) is 0 Å². The van der Waals surface area contributed by atoms with Crippen molar-refractivity contribution in [2.24, 2.45) is 5.92 Å². The lowest BCUT2D eigenvalue weighted by atomic mass is 9.98. The fourth-order valence-electron chi connectivity index (χ4n) is 1.46. The summed E-state index contributed by atoms with van der Waals surface area (Å²) in [6.45, 7) is 13.4. The van der Waals surface area contributed by atoms with E-state index in [4.69, 9.17) is 10.8 Å². The van der Waals surface area contributed by atoms with Crippen molar-refractivity contribution in [1.82, 2.24) is 0 Å². The molecule has 19 heavy (non-hydrogen) atoms. The van der Waals surface area contributed by atoms with Crippen LogP contribution < -0.4 is 0 Å². The number of nitrogens with one attached hydrogen (secondary N) is 2. The van der Waals surface area contributed by atoms with Crippen LogP contribution in [0.3, 0.4) is 0 Å². The van der Waals surface area contributed by atoms with Crippen LogP contribution in [0, 0.1) is 16.7 Å². The van der Waals surface area contributed by atoms with Crippen LogP contribution in [0.4, 0.5) is 0 Å². The quantitative estimate of drug-likeness (QED) is 0.353. The van der Waals surface area contributed by atoms with Crippen molar-refractivity contribution >= 4 is 11.9 Å². The van der Waals surface area contributed by atoms with E-state index in [1.165, 1.54) is 6.21 Å². The lowest BCUT2D eigenvalue weighted by Gasteiger charge is -2.07. The highest BCUT2D eigenvalue weighted by Crippen LogP contribution is 2.14. The maximum absolute atomic E-state index is 7.58. The minimum absolute atomic E-state index is 0.234. The molecule has 0 aliphatic rings. The molecule has 0 aliphatic heterocycles. The molecule has 0 rings (SSSR count). The van der Waals surface area contributed by atoms with Gasteiger partial charge in [-0.15, -0.1) is 6.58 Å². The predicted octanol–water partition coefficient (Wildman–Crippen LogP) is 4.87. The van der Waals surface area contributed by atoms with Crippen LogP contribution in [0.25, 0.3) is 0 Å². The van der Waals surface area contributed by atoms with Gasteiger partial charge in [0.25, 0.3) is 0 Å². The Morgan fingerprint density at radius 3 is 2.37 bits per heavy atom. The third kappa shape index (κ3) is 7.14. The van der Waals surface area contributed by atoms with E-state index in [2.05, 4.69) is 13.2 Å². The van der Waals surface area contributed by atoms with Gasteiger partial charge in [-0.05, 0) is 38.3 Å². The van der Waals surface area contributed by atoms with Crippen LogP contribution in [0.15, 0.2) is 60.3 Å². The smallest absolute Gasteiger partial charge is 0.0496 e. The molecule has 0 spiro atoms. The molecule has 0 aliphatic carbocycles. The SMILES string of the molecule is C=CC/C=C\C(C)=C/C(=C)/C(C)=C/C(C=N)C(C)=N. The Morgan fingerprint density at radius 1 is 1.26 bits per heavy atom. The van der Waals surface area contributed by atoms with E-state index >= 15 is 0 Å². The Kier molecular flexibility index (Phi) is 8.10. The van der Waals surface area contributed by atoms with E-state index in [-0.39, 0.29) is 5.92 Å². The van der Waals surface area contributed by atoms with Gasteiger partial charge in [-0.2, -0.15) is 0 Å². The molecule has 0 saturated carbocycles. The average Bonchev–Trinajstić information content (AvgIpc) is 2.35. The lowest BCUT2D eigenvalue weighted by molar-refractivity contribution is 1.14. The van der Waals surface area contributed by atoms with Gasteiger partial charge >= 0.3 is 0 Å². The zero-order valence-electron chi connectivity index (χ0n) is 12.2. The van der Waals surface area contributed by atoms with Crippen LogP contribution >= 0.6 is 0 Å². The molecule has 2 nitrogen and oxygen atoms in total. The third-order valence-electron chi connectivity index (χ3n) is 2.70. The summed E-state index contributed by atoms with van der Waals surface area (Å²) in [4.78, 5) is 0. The van der Waals surface area contributed by atoms with Gasteiger partial charge in [0.1, 0.15) is 0 Å². The highest BCUT2D eigenvalue weighted by Gasteiger charge is 2.05. The van der Waals surface area contributed by atoms with Gasteiger partial charge in [0.15, 0.2) is 0 Å². The lowest BCUT2D eigenvalue weighted by Crippen LogP contribution is -2.08. The van der Waals surface area contributed by atoms with Crippen molar-refractivity contribution in [1.29, 1.82) is 10.8 Å². The monoisotopic (exact) mass is 256 g/mol. The first kappa shape index (κ1) is 17.0. The van der Waals surface area contributed by atoms with Crippen LogP contribution in [-0.2, 0) is 0 Å². The summed E-state index contributed by atoms with van der Waals surface area (Å²) in [5.74, 6) is -0.234. The molecule has 0 saturated heterocycles. The first-order valence-corrected chi connectivity index (χ1v) is 6.31. The van der Waals surface area contributed by atoms with Gasteiger partial charge in [0, 0.05) is 17.8 Å². The summed E-state index contributed by atoms with van der Waals surface area (Å²) >= 11 is 0. The molecule has 2 heteroatoms. The molecule has 0 aromatic rings. The molecule has 1 unspecified atom stereocenters. The molecule has 0 amide bonds. The molecular formula is C17H24N2. The average molecular weight is 256 g/mol. The predicted molar refractivity (Wildman–Crippen MR) is 86.3 cm³/mol. The normalized spacial score (nSPS) is 14.3. The number of rotatable bonds is 8. The largest absolute Gasteiger partial charge is 0.312 e. The molecule has 2 N–H and O–H groups in total. The zero-order valence-corrected chi connectivity index (χ0v) is 12.2. The van der Waals surface area contributed by atoms with Gasteiger partial charge in [-0.3, -0.25) is 0 Å². The molecule has 1 atom stereocenters. The minimum Gasteiger partial charge on any atom is -0.312 e. The topological polar surface area (TPSA) is 47.7 Å². The van der Waals surface area contributed by atoms with E-state index in [1.54, 1.807) is 6.92 Å². The fourth-order valence-corrected chi connectivity index (χ4v) is 1.46. The maximum atomic E-state index is 7.58. The summed E-state index contributed by atoms with van der Waals surface area (Å²) in [5.41, 5.74) is 3.50. The Morgan fingerprint density at radius 2 is 1.89 bits per heavy atom. The van der Waals surface area contributed by atoms with Crippen LogP contribution in [-0.4, -0.2) is 11.9 Å². The Balaban J connectivity index is 4.86. The minimum atomic E-state index is -0.234. The number of hydrogen-bond acceptors (Lipinski definition) is 2. The fraction of sp³-hybridized carbons (Fsp3) is 0.294. The van der Waals surface area contributed by atoms with E-state index < -0.39 is 0 Å². The van der Waals surface area contributed by atoms with Crippen molar-refractivity contribution in [2.45, 2.75) is 27.2 Å². The highest BCUT2D eigenvalue weighted by atomic mass is 14.4. The summed E-state index contributed by atoms with van der Waals surface area (Å²) in [5, 5.41) is 14.9. The second-order valence-electron chi connectivity index (χ2n) is 4.57. The summed E-state index contributed by atoms with van der Waals surface area (Å²) in [7, 11) is 0. The molecule has 0 radical (unpaired) electrons. The number of allylic oxidation sites excluding steroid dienone is 8. The van der Waals surface area contributed by atoms with Gasteiger partial charge in [-0.1, -0.05) is 42.5 Å². The van der Waals surface area contributed by atoms with Crippen LogP contribution in [0.1, 0.15) is 27.2 Å². The maximum Gasteiger partial charge on any atom is 0.0496 e. The van der Waals surface area contributed by atoms with Crippen LogP contribution in [0.5, 0.6) is 0 Å². The Labute approximate surface area is 117 Å². The molecule has 0 fully saturated rings. The van der Waals surface area contributed by atoms with E-state index in [9.17, 15) is 0 Å². The molecule has 0 bridgehead atoms. The third-order valence-corrected chi connectivity index (χ3v) is 2.70. The molecule has 0 aromatic carbocycles. The zero-order chi connectivity index (χ0) is 14.8. The van der Waals surface area contributed by atoms with Crippen molar-refractivity contribution in [3.63, 3.8) is 0 Å².